The van der Waals surface area contributed by atoms with Crippen LogP contribution in [-0.4, -0.2) is 54.4 Å². The lowest BCUT2D eigenvalue weighted by Gasteiger charge is -2.28. The molecule has 3 fully saturated rings. The Hall–Kier alpha value is -1.30. The van der Waals surface area contributed by atoms with Gasteiger partial charge in [0.15, 0.2) is 0 Å². The SMILES string of the molecule is CC1(C)COCC1NC(=O)N1C[C@@H]2CCC[C@@]2(C(=O)O)C1. The van der Waals surface area contributed by atoms with Gasteiger partial charge in [-0.15, -0.1) is 0 Å². The average Bonchev–Trinajstić information content (AvgIpc) is 3.02. The highest BCUT2D eigenvalue weighted by Crippen LogP contribution is 2.48. The van der Waals surface area contributed by atoms with Crippen LogP contribution in [0.2, 0.25) is 0 Å². The van der Waals surface area contributed by atoms with Crippen LogP contribution in [0.5, 0.6) is 0 Å². The van der Waals surface area contributed by atoms with E-state index >= 15 is 0 Å². The minimum Gasteiger partial charge on any atom is -0.481 e. The van der Waals surface area contributed by atoms with E-state index in [1.165, 1.54) is 0 Å². The monoisotopic (exact) mass is 296 g/mol. The summed E-state index contributed by atoms with van der Waals surface area (Å²) in [6, 6.07) is -0.153. The minimum atomic E-state index is -0.746. The topological polar surface area (TPSA) is 78.9 Å². The molecular formula is C15H24N2O4. The van der Waals surface area contributed by atoms with Crippen LogP contribution in [0.3, 0.4) is 0 Å². The van der Waals surface area contributed by atoms with Crippen LogP contribution < -0.4 is 5.32 Å². The van der Waals surface area contributed by atoms with Crippen molar-refractivity contribution in [1.29, 1.82) is 0 Å². The Kier molecular flexibility index (Phi) is 3.39. The van der Waals surface area contributed by atoms with Crippen LogP contribution in [-0.2, 0) is 9.53 Å². The number of carboxylic acids is 1. The molecule has 2 N–H and O–H groups in total. The van der Waals surface area contributed by atoms with Gasteiger partial charge in [-0.3, -0.25) is 4.79 Å². The van der Waals surface area contributed by atoms with Gasteiger partial charge >= 0.3 is 12.0 Å². The Morgan fingerprint density at radius 3 is 2.71 bits per heavy atom. The predicted octanol–water partition coefficient (Wildman–Crippen LogP) is 1.31. The molecule has 0 aromatic heterocycles. The van der Waals surface area contributed by atoms with Crippen molar-refractivity contribution in [3.8, 4) is 0 Å². The van der Waals surface area contributed by atoms with Crippen molar-refractivity contribution >= 4 is 12.0 Å². The van der Waals surface area contributed by atoms with Gasteiger partial charge in [-0.05, 0) is 18.8 Å². The molecule has 21 heavy (non-hydrogen) atoms. The first-order valence-corrected chi connectivity index (χ1v) is 7.72. The van der Waals surface area contributed by atoms with E-state index in [0.29, 0.717) is 32.7 Å². The van der Waals surface area contributed by atoms with Gasteiger partial charge in [-0.25, -0.2) is 4.79 Å². The number of ether oxygens (including phenoxy) is 1. The third-order valence-corrected chi connectivity index (χ3v) is 5.58. The van der Waals surface area contributed by atoms with E-state index in [0.717, 1.165) is 12.8 Å². The molecule has 1 unspecified atom stereocenters. The molecule has 6 heteroatoms. The molecule has 2 heterocycles. The van der Waals surface area contributed by atoms with Crippen LogP contribution in [0, 0.1) is 16.7 Å². The maximum atomic E-state index is 12.5. The molecule has 1 saturated carbocycles. The van der Waals surface area contributed by atoms with E-state index in [9.17, 15) is 14.7 Å². The van der Waals surface area contributed by atoms with Gasteiger partial charge in [0.25, 0.3) is 0 Å². The standard InChI is InChI=1S/C15H24N2O4/c1-14(2)9-21-7-11(14)16-13(20)17-6-10-4-3-5-15(10,8-17)12(18)19/h10-11H,3-9H2,1-2H3,(H,16,20)(H,18,19)/t10-,11?,15+/m0/s1. The average molecular weight is 296 g/mol. The molecule has 2 amide bonds. The second kappa shape index (κ2) is 4.87. The van der Waals surface area contributed by atoms with Gasteiger partial charge in [0.2, 0.25) is 0 Å². The van der Waals surface area contributed by atoms with E-state index in [2.05, 4.69) is 19.2 Å². The Morgan fingerprint density at radius 2 is 2.14 bits per heavy atom. The smallest absolute Gasteiger partial charge is 0.317 e. The maximum absolute atomic E-state index is 12.5. The van der Waals surface area contributed by atoms with E-state index in [4.69, 9.17) is 4.74 Å². The quantitative estimate of drug-likeness (QED) is 0.805. The van der Waals surface area contributed by atoms with Gasteiger partial charge in [-0.1, -0.05) is 20.3 Å². The molecule has 0 aromatic carbocycles. The third kappa shape index (κ3) is 2.29. The molecule has 6 nitrogen and oxygen atoms in total. The number of likely N-dealkylation sites (tertiary alicyclic amines) is 1. The number of carboxylic acid groups (broad SMARTS) is 1. The van der Waals surface area contributed by atoms with Crippen molar-refractivity contribution < 1.29 is 19.4 Å². The summed E-state index contributed by atoms with van der Waals surface area (Å²) in [4.78, 5) is 25.8. The van der Waals surface area contributed by atoms with Crippen molar-refractivity contribution in [2.75, 3.05) is 26.3 Å². The molecule has 2 saturated heterocycles. The van der Waals surface area contributed by atoms with Gasteiger partial charge in [0.05, 0.1) is 24.7 Å². The fraction of sp³-hybridized carbons (Fsp3) is 0.867. The third-order valence-electron chi connectivity index (χ3n) is 5.58. The Labute approximate surface area is 124 Å². The summed E-state index contributed by atoms with van der Waals surface area (Å²) in [7, 11) is 0. The lowest BCUT2D eigenvalue weighted by Crippen LogP contribution is -2.50. The first kappa shape index (κ1) is 14.6. The Morgan fingerprint density at radius 1 is 1.38 bits per heavy atom. The van der Waals surface area contributed by atoms with Crippen LogP contribution in [0.1, 0.15) is 33.1 Å². The van der Waals surface area contributed by atoms with Crippen molar-refractivity contribution in [2.24, 2.45) is 16.7 Å². The number of urea groups is 1. The number of carbonyl (C=O) groups is 2. The summed E-state index contributed by atoms with van der Waals surface area (Å²) >= 11 is 0. The molecule has 0 radical (unpaired) electrons. The van der Waals surface area contributed by atoms with E-state index in [1.54, 1.807) is 4.90 Å². The van der Waals surface area contributed by atoms with E-state index in [1.807, 2.05) is 0 Å². The molecule has 0 spiro atoms. The summed E-state index contributed by atoms with van der Waals surface area (Å²) < 4.78 is 5.44. The van der Waals surface area contributed by atoms with Crippen molar-refractivity contribution in [1.82, 2.24) is 10.2 Å². The fourth-order valence-electron chi connectivity index (χ4n) is 4.04. The highest BCUT2D eigenvalue weighted by atomic mass is 16.5. The highest BCUT2D eigenvalue weighted by molar-refractivity contribution is 5.80. The molecule has 1 aliphatic carbocycles. The number of nitrogens with one attached hydrogen (secondary N) is 1. The lowest BCUT2D eigenvalue weighted by atomic mass is 9.81. The minimum absolute atomic E-state index is 0.00813. The summed E-state index contributed by atoms with van der Waals surface area (Å²) in [5.41, 5.74) is -0.783. The number of aliphatic carboxylic acids is 1. The number of amides is 2. The van der Waals surface area contributed by atoms with Gasteiger partial charge in [-0.2, -0.15) is 0 Å². The zero-order chi connectivity index (χ0) is 15.3. The molecule has 118 valence electrons. The van der Waals surface area contributed by atoms with Crippen molar-refractivity contribution in [3.05, 3.63) is 0 Å². The lowest BCUT2D eigenvalue weighted by molar-refractivity contribution is -0.149. The summed E-state index contributed by atoms with van der Waals surface area (Å²) in [6.07, 6.45) is 2.55. The van der Waals surface area contributed by atoms with Gasteiger partial charge in [0.1, 0.15) is 0 Å². The molecule has 3 atom stereocenters. The van der Waals surface area contributed by atoms with Crippen LogP contribution in [0.25, 0.3) is 0 Å². The fourth-order valence-corrected chi connectivity index (χ4v) is 4.04. The van der Waals surface area contributed by atoms with Gasteiger partial charge < -0.3 is 20.1 Å². The molecule has 2 aliphatic heterocycles. The largest absolute Gasteiger partial charge is 0.481 e. The second-order valence-electron chi connectivity index (χ2n) is 7.44. The van der Waals surface area contributed by atoms with Crippen LogP contribution in [0.4, 0.5) is 4.79 Å². The molecular weight excluding hydrogens is 272 g/mol. The molecule has 3 rings (SSSR count). The number of carbonyl (C=O) groups excluding carboxylic acids is 1. The van der Waals surface area contributed by atoms with Crippen molar-refractivity contribution in [2.45, 2.75) is 39.2 Å². The number of nitrogens with zero attached hydrogens (tertiary/aromatic N) is 1. The van der Waals surface area contributed by atoms with Crippen molar-refractivity contribution in [3.63, 3.8) is 0 Å². The van der Waals surface area contributed by atoms with Gasteiger partial charge in [0, 0.05) is 18.5 Å². The summed E-state index contributed by atoms with van der Waals surface area (Å²) in [5.74, 6) is -0.640. The van der Waals surface area contributed by atoms with Crippen LogP contribution in [0.15, 0.2) is 0 Å². The molecule has 0 aromatic rings. The molecule has 3 aliphatic rings. The van der Waals surface area contributed by atoms with Crippen LogP contribution >= 0.6 is 0 Å². The Balaban J connectivity index is 1.66. The summed E-state index contributed by atoms with van der Waals surface area (Å²) in [5, 5.41) is 12.6. The molecule has 0 bridgehead atoms. The number of hydrogen-bond acceptors (Lipinski definition) is 3. The van der Waals surface area contributed by atoms with E-state index < -0.39 is 11.4 Å². The number of rotatable bonds is 2. The first-order valence-electron chi connectivity index (χ1n) is 7.72. The summed E-state index contributed by atoms with van der Waals surface area (Å²) in [6.45, 7) is 6.21. The highest BCUT2D eigenvalue weighted by Gasteiger charge is 2.56. The zero-order valence-corrected chi connectivity index (χ0v) is 12.7. The first-order chi connectivity index (χ1) is 9.85. The Bertz CT molecular complexity index is 465. The second-order valence-corrected chi connectivity index (χ2v) is 7.44. The number of fused-ring (bicyclic) bond motifs is 1. The number of hydrogen-bond donors (Lipinski definition) is 2. The van der Waals surface area contributed by atoms with E-state index in [-0.39, 0.29) is 23.4 Å². The zero-order valence-electron chi connectivity index (χ0n) is 12.7. The predicted molar refractivity (Wildman–Crippen MR) is 75.9 cm³/mol. The normalized spacial score (nSPS) is 37.5. The maximum Gasteiger partial charge on any atom is 0.317 e.